The van der Waals surface area contributed by atoms with Crippen LogP contribution in [0.5, 0.6) is 5.75 Å². The maximum absolute atomic E-state index is 12.6. The molecule has 0 fully saturated rings. The van der Waals surface area contributed by atoms with Crippen LogP contribution < -0.4 is 5.32 Å². The van der Waals surface area contributed by atoms with Crippen molar-refractivity contribution in [2.45, 2.75) is 26.8 Å². The zero-order valence-corrected chi connectivity index (χ0v) is 14.4. The Morgan fingerprint density at radius 2 is 1.96 bits per heavy atom. The molecule has 0 spiro atoms. The molecular formula is C20H21N3O2. The van der Waals surface area contributed by atoms with Crippen molar-refractivity contribution in [2.24, 2.45) is 0 Å². The lowest BCUT2D eigenvalue weighted by atomic mass is 10.1. The summed E-state index contributed by atoms with van der Waals surface area (Å²) in [6, 6.07) is 15.2. The molecule has 0 atom stereocenters. The average Bonchev–Trinajstić information content (AvgIpc) is 3.01. The van der Waals surface area contributed by atoms with Gasteiger partial charge in [-0.05, 0) is 36.6 Å². The van der Waals surface area contributed by atoms with Crippen LogP contribution in [0.3, 0.4) is 0 Å². The Balaban J connectivity index is 1.83. The molecule has 0 saturated carbocycles. The highest BCUT2D eigenvalue weighted by molar-refractivity contribution is 6.05. The first-order chi connectivity index (χ1) is 12.1. The summed E-state index contributed by atoms with van der Waals surface area (Å²) >= 11 is 0. The molecule has 0 aliphatic carbocycles. The fraction of sp³-hybridized carbons (Fsp3) is 0.200. The van der Waals surface area contributed by atoms with E-state index in [-0.39, 0.29) is 11.7 Å². The predicted octanol–water partition coefficient (Wildman–Crippen LogP) is 3.76. The number of phenols is 1. The predicted molar refractivity (Wildman–Crippen MR) is 97.9 cm³/mol. The molecule has 3 rings (SSSR count). The number of carbonyl (C=O) groups is 1. The lowest BCUT2D eigenvalue weighted by molar-refractivity contribution is 0.102. The molecule has 128 valence electrons. The third-order valence-corrected chi connectivity index (χ3v) is 4.10. The summed E-state index contributed by atoms with van der Waals surface area (Å²) in [7, 11) is 0. The lowest BCUT2D eigenvalue weighted by Gasteiger charge is -2.10. The van der Waals surface area contributed by atoms with E-state index < -0.39 is 0 Å². The van der Waals surface area contributed by atoms with Crippen molar-refractivity contribution in [3.05, 3.63) is 77.1 Å². The van der Waals surface area contributed by atoms with E-state index in [0.29, 0.717) is 24.2 Å². The highest BCUT2D eigenvalue weighted by atomic mass is 16.3. The van der Waals surface area contributed by atoms with E-state index in [4.69, 9.17) is 0 Å². The number of aryl methyl sites for hydroxylation is 1. The second kappa shape index (κ2) is 7.21. The largest absolute Gasteiger partial charge is 0.506 e. The van der Waals surface area contributed by atoms with Gasteiger partial charge in [0.2, 0.25) is 0 Å². The Bertz CT molecular complexity index is 885. The van der Waals surface area contributed by atoms with Crippen LogP contribution >= 0.6 is 0 Å². The molecule has 0 aliphatic heterocycles. The number of aromatic hydroxyl groups is 1. The number of amides is 1. The number of anilines is 1. The van der Waals surface area contributed by atoms with Gasteiger partial charge in [-0.25, -0.2) is 0 Å². The Morgan fingerprint density at radius 3 is 2.64 bits per heavy atom. The average molecular weight is 335 g/mol. The smallest absolute Gasteiger partial charge is 0.259 e. The summed E-state index contributed by atoms with van der Waals surface area (Å²) in [5.41, 5.74) is 3.85. The van der Waals surface area contributed by atoms with Gasteiger partial charge in [0, 0.05) is 0 Å². The number of carbonyl (C=O) groups excluding carboxylic acids is 1. The number of hydrogen-bond donors (Lipinski definition) is 2. The van der Waals surface area contributed by atoms with Gasteiger partial charge in [0.1, 0.15) is 5.75 Å². The summed E-state index contributed by atoms with van der Waals surface area (Å²) in [5.74, 6) is -0.210. The molecule has 1 heterocycles. The van der Waals surface area contributed by atoms with Crippen molar-refractivity contribution in [3.8, 4) is 5.75 Å². The van der Waals surface area contributed by atoms with Gasteiger partial charge < -0.3 is 10.4 Å². The summed E-state index contributed by atoms with van der Waals surface area (Å²) in [4.78, 5) is 12.6. The number of aromatic nitrogens is 2. The van der Waals surface area contributed by atoms with Crippen molar-refractivity contribution in [1.82, 2.24) is 9.78 Å². The van der Waals surface area contributed by atoms with Gasteiger partial charge in [-0.2, -0.15) is 5.10 Å². The zero-order chi connectivity index (χ0) is 17.8. The number of nitrogens with zero attached hydrogens (tertiary/aromatic N) is 2. The van der Waals surface area contributed by atoms with Crippen LogP contribution in [0.4, 0.5) is 5.69 Å². The standard InChI is InChI=1S/C20H21N3O2/c1-3-18-16(12-21-23(18)13-15-7-5-4-6-8-15)20(25)22-17-10-9-14(2)11-19(17)24/h4-12,24H,3,13H2,1-2H3,(H,22,25). The van der Waals surface area contributed by atoms with E-state index in [9.17, 15) is 9.90 Å². The number of nitrogens with one attached hydrogen (secondary N) is 1. The van der Waals surface area contributed by atoms with Crippen molar-refractivity contribution in [1.29, 1.82) is 0 Å². The first-order valence-electron chi connectivity index (χ1n) is 8.28. The van der Waals surface area contributed by atoms with Crippen molar-refractivity contribution >= 4 is 11.6 Å². The van der Waals surface area contributed by atoms with Gasteiger partial charge in [0.15, 0.2) is 0 Å². The van der Waals surface area contributed by atoms with Crippen molar-refractivity contribution in [2.75, 3.05) is 5.32 Å². The Hall–Kier alpha value is -3.08. The molecule has 0 radical (unpaired) electrons. The Kier molecular flexibility index (Phi) is 4.84. The van der Waals surface area contributed by atoms with Gasteiger partial charge in [0.05, 0.1) is 29.7 Å². The molecule has 2 aromatic carbocycles. The quantitative estimate of drug-likeness (QED) is 0.698. The van der Waals surface area contributed by atoms with Gasteiger partial charge in [-0.3, -0.25) is 9.48 Å². The molecule has 0 aliphatic rings. The number of rotatable bonds is 5. The maximum Gasteiger partial charge on any atom is 0.259 e. The molecule has 0 bridgehead atoms. The van der Waals surface area contributed by atoms with Crippen LogP contribution in [0.1, 0.15) is 34.1 Å². The topological polar surface area (TPSA) is 67.2 Å². The first kappa shape index (κ1) is 16.8. The highest BCUT2D eigenvalue weighted by Crippen LogP contribution is 2.25. The lowest BCUT2D eigenvalue weighted by Crippen LogP contribution is -2.15. The van der Waals surface area contributed by atoms with Gasteiger partial charge in [-0.1, -0.05) is 43.3 Å². The summed E-state index contributed by atoms with van der Waals surface area (Å²) in [6.45, 7) is 4.50. The molecule has 1 amide bonds. The molecule has 3 aromatic rings. The summed E-state index contributed by atoms with van der Waals surface area (Å²) in [5, 5.41) is 17.1. The number of benzene rings is 2. The summed E-state index contributed by atoms with van der Waals surface area (Å²) in [6.07, 6.45) is 2.28. The van der Waals surface area contributed by atoms with Crippen LogP contribution in [0.2, 0.25) is 0 Å². The molecule has 5 heteroatoms. The molecule has 0 unspecified atom stereocenters. The van der Waals surface area contributed by atoms with E-state index in [1.807, 2.05) is 54.9 Å². The van der Waals surface area contributed by atoms with E-state index in [1.165, 1.54) is 0 Å². The molecule has 2 N–H and O–H groups in total. The first-order valence-corrected chi connectivity index (χ1v) is 8.28. The minimum Gasteiger partial charge on any atom is -0.506 e. The minimum atomic E-state index is -0.268. The second-order valence-corrected chi connectivity index (χ2v) is 5.98. The van der Waals surface area contributed by atoms with E-state index in [0.717, 1.165) is 16.8 Å². The molecule has 1 aromatic heterocycles. The maximum atomic E-state index is 12.6. The third kappa shape index (κ3) is 3.71. The van der Waals surface area contributed by atoms with Crippen LogP contribution in [-0.4, -0.2) is 20.8 Å². The van der Waals surface area contributed by atoms with E-state index >= 15 is 0 Å². The van der Waals surface area contributed by atoms with Crippen LogP contribution in [-0.2, 0) is 13.0 Å². The molecule has 5 nitrogen and oxygen atoms in total. The Morgan fingerprint density at radius 1 is 1.20 bits per heavy atom. The fourth-order valence-electron chi connectivity index (χ4n) is 2.80. The number of phenolic OH excluding ortho intramolecular Hbond substituents is 1. The monoisotopic (exact) mass is 335 g/mol. The summed E-state index contributed by atoms with van der Waals surface area (Å²) < 4.78 is 1.85. The number of hydrogen-bond acceptors (Lipinski definition) is 3. The molecular weight excluding hydrogens is 314 g/mol. The van der Waals surface area contributed by atoms with Gasteiger partial charge in [-0.15, -0.1) is 0 Å². The normalized spacial score (nSPS) is 10.6. The van der Waals surface area contributed by atoms with E-state index in [2.05, 4.69) is 10.4 Å². The minimum absolute atomic E-state index is 0.0584. The SMILES string of the molecule is CCc1c(C(=O)Nc2ccc(C)cc2O)cnn1Cc1ccccc1. The molecule has 25 heavy (non-hydrogen) atoms. The second-order valence-electron chi connectivity index (χ2n) is 5.98. The van der Waals surface area contributed by atoms with Gasteiger partial charge >= 0.3 is 0 Å². The van der Waals surface area contributed by atoms with Gasteiger partial charge in [0.25, 0.3) is 5.91 Å². The van der Waals surface area contributed by atoms with Crippen LogP contribution in [0, 0.1) is 6.92 Å². The fourth-order valence-corrected chi connectivity index (χ4v) is 2.80. The van der Waals surface area contributed by atoms with Crippen molar-refractivity contribution < 1.29 is 9.90 Å². The van der Waals surface area contributed by atoms with Crippen LogP contribution in [0.25, 0.3) is 0 Å². The molecule has 0 saturated heterocycles. The Labute approximate surface area is 146 Å². The third-order valence-electron chi connectivity index (χ3n) is 4.10. The van der Waals surface area contributed by atoms with Crippen LogP contribution in [0.15, 0.2) is 54.7 Å². The van der Waals surface area contributed by atoms with E-state index in [1.54, 1.807) is 18.3 Å². The zero-order valence-electron chi connectivity index (χ0n) is 14.4. The van der Waals surface area contributed by atoms with Crippen molar-refractivity contribution in [3.63, 3.8) is 0 Å². The highest BCUT2D eigenvalue weighted by Gasteiger charge is 2.17.